The molecule has 3 rings (SSSR count). The Balaban J connectivity index is 2.06. The molecule has 1 aromatic rings. The van der Waals surface area contributed by atoms with Gasteiger partial charge in [-0.15, -0.1) is 0 Å². The van der Waals surface area contributed by atoms with Gasteiger partial charge in [-0.05, 0) is 31.0 Å². The van der Waals surface area contributed by atoms with Crippen LogP contribution in [0.4, 0.5) is 4.79 Å². The van der Waals surface area contributed by atoms with E-state index >= 15 is 0 Å². The summed E-state index contributed by atoms with van der Waals surface area (Å²) in [7, 11) is 1.61. The predicted molar refractivity (Wildman–Crippen MR) is 93.3 cm³/mol. The number of urea groups is 1. The minimum absolute atomic E-state index is 0.144. The van der Waals surface area contributed by atoms with Crippen molar-refractivity contribution in [3.63, 3.8) is 0 Å². The van der Waals surface area contributed by atoms with Crippen LogP contribution < -0.4 is 14.8 Å². The summed E-state index contributed by atoms with van der Waals surface area (Å²) in [5.41, 5.74) is 1.66. The van der Waals surface area contributed by atoms with Crippen molar-refractivity contribution in [2.24, 2.45) is 0 Å². The first-order valence-electron chi connectivity index (χ1n) is 7.95. The summed E-state index contributed by atoms with van der Waals surface area (Å²) in [5, 5.41) is 2.85. The van der Waals surface area contributed by atoms with Gasteiger partial charge in [-0.2, -0.15) is 0 Å². The van der Waals surface area contributed by atoms with Crippen molar-refractivity contribution in [1.82, 2.24) is 10.2 Å². The molecule has 0 radical (unpaired) electrons. The number of fused-ring (bicyclic) bond motifs is 1. The fraction of sp³-hybridized carbons (Fsp3) is 0.412. The van der Waals surface area contributed by atoms with Gasteiger partial charge in [-0.25, -0.2) is 9.59 Å². The molecule has 2 aliphatic heterocycles. The second kappa shape index (κ2) is 6.95. The Morgan fingerprint density at radius 1 is 1.40 bits per heavy atom. The largest absolute Gasteiger partial charge is 0.462 e. The molecule has 0 spiro atoms. The van der Waals surface area contributed by atoms with Crippen molar-refractivity contribution in [2.45, 2.75) is 26.3 Å². The lowest BCUT2D eigenvalue weighted by Crippen LogP contribution is -2.46. The number of hydrogen-bond donors (Lipinski definition) is 1. The molecule has 1 atom stereocenters. The monoisotopic (exact) mass is 410 g/mol. The zero-order valence-corrected chi connectivity index (χ0v) is 15.8. The molecule has 0 aliphatic carbocycles. The molecule has 0 saturated carbocycles. The van der Waals surface area contributed by atoms with Crippen LogP contribution in [-0.4, -0.2) is 37.3 Å². The second-order valence-corrected chi connectivity index (χ2v) is 6.66. The van der Waals surface area contributed by atoms with Gasteiger partial charge >= 0.3 is 12.0 Å². The van der Waals surface area contributed by atoms with Gasteiger partial charge in [0.15, 0.2) is 11.5 Å². The van der Waals surface area contributed by atoms with Crippen LogP contribution in [0.15, 0.2) is 27.9 Å². The maximum Gasteiger partial charge on any atom is 0.338 e. The van der Waals surface area contributed by atoms with E-state index in [2.05, 4.69) is 21.2 Å². The fourth-order valence-electron chi connectivity index (χ4n) is 2.76. The van der Waals surface area contributed by atoms with Gasteiger partial charge in [0.05, 0.1) is 18.2 Å². The third-order valence-electron chi connectivity index (χ3n) is 4.21. The number of esters is 1. The Kier molecular flexibility index (Phi) is 4.89. The topological polar surface area (TPSA) is 77.1 Å². The van der Waals surface area contributed by atoms with Gasteiger partial charge in [-0.1, -0.05) is 22.9 Å². The molecule has 1 N–H and O–H groups in total. The van der Waals surface area contributed by atoms with Gasteiger partial charge in [0.25, 0.3) is 0 Å². The first-order valence-corrected chi connectivity index (χ1v) is 8.74. The predicted octanol–water partition coefficient (Wildman–Crippen LogP) is 3.10. The molecule has 0 unspecified atom stereocenters. The molecule has 0 bridgehead atoms. The van der Waals surface area contributed by atoms with Gasteiger partial charge in [0.2, 0.25) is 6.79 Å². The summed E-state index contributed by atoms with van der Waals surface area (Å²) in [4.78, 5) is 26.3. The SMILES string of the molecule is CCCOC(=O)C1=C(C)N(C)C(=O)N[C@@H]1c1cc2c(cc1Br)OCO2. The molecule has 7 nitrogen and oxygen atoms in total. The molecule has 2 amide bonds. The van der Waals surface area contributed by atoms with Crippen molar-refractivity contribution < 1.29 is 23.8 Å². The number of halogens is 1. The molecule has 2 heterocycles. The van der Waals surface area contributed by atoms with Crippen LogP contribution in [0.3, 0.4) is 0 Å². The zero-order valence-electron chi connectivity index (χ0n) is 14.2. The summed E-state index contributed by atoms with van der Waals surface area (Å²) in [6.45, 7) is 4.12. The van der Waals surface area contributed by atoms with Crippen molar-refractivity contribution in [3.05, 3.63) is 33.4 Å². The summed E-state index contributed by atoms with van der Waals surface area (Å²) in [5.74, 6) is 0.747. The molecule has 0 saturated heterocycles. The van der Waals surface area contributed by atoms with E-state index in [-0.39, 0.29) is 12.8 Å². The molecular formula is C17H19BrN2O5. The number of allylic oxidation sites excluding steroid dienone is 1. The third kappa shape index (κ3) is 3.18. The smallest absolute Gasteiger partial charge is 0.338 e. The highest BCUT2D eigenvalue weighted by molar-refractivity contribution is 9.10. The van der Waals surface area contributed by atoms with Gasteiger partial charge in [-0.3, -0.25) is 0 Å². The quantitative estimate of drug-likeness (QED) is 0.771. The molecule has 8 heteroatoms. The molecular weight excluding hydrogens is 392 g/mol. The lowest BCUT2D eigenvalue weighted by molar-refractivity contribution is -0.139. The van der Waals surface area contributed by atoms with Crippen LogP contribution >= 0.6 is 15.9 Å². The van der Waals surface area contributed by atoms with Crippen LogP contribution in [0.2, 0.25) is 0 Å². The van der Waals surface area contributed by atoms with E-state index in [4.69, 9.17) is 14.2 Å². The van der Waals surface area contributed by atoms with Gasteiger partial charge < -0.3 is 24.4 Å². The van der Waals surface area contributed by atoms with Gasteiger partial charge in [0.1, 0.15) is 0 Å². The van der Waals surface area contributed by atoms with E-state index in [0.717, 1.165) is 6.42 Å². The first-order chi connectivity index (χ1) is 11.9. The fourth-order valence-corrected chi connectivity index (χ4v) is 3.31. The lowest BCUT2D eigenvalue weighted by atomic mass is 9.94. The van der Waals surface area contributed by atoms with Crippen LogP contribution in [-0.2, 0) is 9.53 Å². The Labute approximate surface area is 154 Å². The molecule has 0 fully saturated rings. The summed E-state index contributed by atoms with van der Waals surface area (Å²) in [6.07, 6.45) is 0.721. The minimum atomic E-state index is -0.642. The summed E-state index contributed by atoms with van der Waals surface area (Å²) >= 11 is 3.49. The highest BCUT2D eigenvalue weighted by Crippen LogP contribution is 2.42. The Bertz CT molecular complexity index is 762. The maximum atomic E-state index is 12.6. The number of amides is 2. The van der Waals surface area contributed by atoms with Crippen molar-refractivity contribution in [1.29, 1.82) is 0 Å². The number of nitrogens with zero attached hydrogens (tertiary/aromatic N) is 1. The van der Waals surface area contributed by atoms with Crippen molar-refractivity contribution in [3.8, 4) is 11.5 Å². The number of ether oxygens (including phenoxy) is 3. The Hall–Kier alpha value is -2.22. The van der Waals surface area contributed by atoms with E-state index in [1.165, 1.54) is 4.90 Å². The number of hydrogen-bond acceptors (Lipinski definition) is 5. The van der Waals surface area contributed by atoms with Gasteiger partial charge in [0, 0.05) is 17.2 Å². The molecule has 25 heavy (non-hydrogen) atoms. The highest BCUT2D eigenvalue weighted by Gasteiger charge is 2.36. The third-order valence-corrected chi connectivity index (χ3v) is 4.90. The maximum absolute atomic E-state index is 12.6. The van der Waals surface area contributed by atoms with E-state index < -0.39 is 12.0 Å². The van der Waals surface area contributed by atoms with Crippen LogP contribution in [0.5, 0.6) is 11.5 Å². The first kappa shape index (κ1) is 17.6. The van der Waals surface area contributed by atoms with Crippen molar-refractivity contribution in [2.75, 3.05) is 20.4 Å². The van der Waals surface area contributed by atoms with Crippen LogP contribution in [0.1, 0.15) is 31.9 Å². The number of nitrogens with one attached hydrogen (secondary N) is 1. The summed E-state index contributed by atoms with van der Waals surface area (Å²) < 4.78 is 16.8. The molecule has 2 aliphatic rings. The number of carbonyl (C=O) groups is 2. The highest BCUT2D eigenvalue weighted by atomic mass is 79.9. The number of rotatable bonds is 4. The minimum Gasteiger partial charge on any atom is -0.462 e. The normalized spacial score (nSPS) is 19.1. The van der Waals surface area contributed by atoms with E-state index in [1.807, 2.05) is 6.92 Å². The number of carbonyl (C=O) groups excluding carboxylic acids is 2. The molecule has 134 valence electrons. The number of benzene rings is 1. The van der Waals surface area contributed by atoms with E-state index in [1.54, 1.807) is 26.1 Å². The van der Waals surface area contributed by atoms with Crippen LogP contribution in [0, 0.1) is 0 Å². The lowest BCUT2D eigenvalue weighted by Gasteiger charge is -2.33. The average Bonchev–Trinajstić information content (AvgIpc) is 3.03. The Morgan fingerprint density at radius 3 is 2.76 bits per heavy atom. The molecule has 1 aromatic carbocycles. The standard InChI is InChI=1S/C17H19BrN2O5/c1-4-5-23-16(21)14-9(2)20(3)17(22)19-15(14)10-6-12-13(7-11(10)18)25-8-24-12/h6-7,15H,4-5,8H2,1-3H3,(H,19,22)/t15-/m1/s1. The van der Waals surface area contributed by atoms with E-state index in [9.17, 15) is 9.59 Å². The average molecular weight is 411 g/mol. The van der Waals surface area contributed by atoms with Crippen molar-refractivity contribution >= 4 is 27.9 Å². The van der Waals surface area contributed by atoms with E-state index in [0.29, 0.717) is 39.4 Å². The zero-order chi connectivity index (χ0) is 18.1. The molecule has 0 aromatic heterocycles. The van der Waals surface area contributed by atoms with Crippen LogP contribution in [0.25, 0.3) is 0 Å². The summed E-state index contributed by atoms with van der Waals surface area (Å²) in [6, 6.07) is 2.60. The second-order valence-electron chi connectivity index (χ2n) is 5.80. The Morgan fingerprint density at radius 2 is 2.08 bits per heavy atom.